The largest absolute Gasteiger partial charge is 0.455 e. The maximum Gasteiger partial charge on any atom is 0.159 e. The van der Waals surface area contributed by atoms with Gasteiger partial charge < -0.3 is 19.1 Å². The molecule has 0 unspecified atom stereocenters. The van der Waals surface area contributed by atoms with E-state index < -0.39 is 0 Å². The molecule has 0 saturated carbocycles. The van der Waals surface area contributed by atoms with E-state index >= 15 is 0 Å². The van der Waals surface area contributed by atoms with Crippen molar-refractivity contribution >= 4 is 110 Å². The summed E-state index contributed by atoms with van der Waals surface area (Å²) < 4.78 is 13.9. The van der Waals surface area contributed by atoms with Gasteiger partial charge in [0, 0.05) is 55.1 Å². The van der Waals surface area contributed by atoms with Crippen LogP contribution in [0.4, 0.5) is 28.4 Å². The number of benzene rings is 12. The zero-order valence-corrected chi connectivity index (χ0v) is 46.0. The lowest BCUT2D eigenvalue weighted by atomic mass is 9.82. The van der Waals surface area contributed by atoms with Crippen LogP contribution in [0.3, 0.4) is 0 Å². The smallest absolute Gasteiger partial charge is 0.159 e. The van der Waals surface area contributed by atoms with Gasteiger partial charge in [0.2, 0.25) is 0 Å². The van der Waals surface area contributed by atoms with E-state index in [1.807, 2.05) is 24.3 Å². The van der Waals surface area contributed by atoms with Crippen LogP contribution in [0.2, 0.25) is 0 Å². The van der Waals surface area contributed by atoms with Crippen molar-refractivity contribution in [3.05, 3.63) is 282 Å². The molecule has 0 spiro atoms. The fourth-order valence-electron chi connectivity index (χ4n) is 12.4. The third-order valence-corrected chi connectivity index (χ3v) is 17.0. The topological polar surface area (TPSA) is 41.6 Å². The van der Waals surface area contributed by atoms with Crippen molar-refractivity contribution in [3.8, 4) is 22.3 Å². The average molecular weight is 1080 g/mol. The minimum atomic E-state index is -0.0531. The third kappa shape index (κ3) is 8.27. The monoisotopic (exact) mass is 1080 g/mol. The molecule has 1 N–H and O–H groups in total. The van der Waals surface area contributed by atoms with Crippen LogP contribution in [0.15, 0.2) is 268 Å². The number of para-hydroxylation sites is 4. The van der Waals surface area contributed by atoms with Gasteiger partial charge in [-0.1, -0.05) is 198 Å². The van der Waals surface area contributed by atoms with Gasteiger partial charge in [-0.3, -0.25) is 0 Å². The Morgan fingerprint density at radius 2 is 0.835 bits per heavy atom. The van der Waals surface area contributed by atoms with E-state index in [9.17, 15) is 0 Å². The van der Waals surface area contributed by atoms with Crippen molar-refractivity contribution in [2.24, 2.45) is 0 Å². The zero-order valence-electron chi connectivity index (χ0n) is 44.4. The Bertz CT molecular complexity index is 4660. The maximum absolute atomic E-state index is 6.76. The van der Waals surface area contributed by atoms with Gasteiger partial charge in [-0.05, 0) is 167 Å². The molecule has 0 atom stereocenters. The molecule has 2 heterocycles. The van der Waals surface area contributed by atoms with Gasteiger partial charge in [-0.25, -0.2) is 0 Å². The van der Waals surface area contributed by atoms with Gasteiger partial charge in [-0.15, -0.1) is 0 Å². The lowest BCUT2D eigenvalue weighted by molar-refractivity contribution is 0.657. The second kappa shape index (κ2) is 19.1. The molecule has 14 aromatic rings. The number of halogens is 1. The van der Waals surface area contributed by atoms with Crippen LogP contribution in [0.1, 0.15) is 49.9 Å². The van der Waals surface area contributed by atoms with Gasteiger partial charge in [0.25, 0.3) is 0 Å². The third-order valence-electron chi connectivity index (χ3n) is 16.4. The molecular formula is C74H55BrN2O2. The molecule has 2 aromatic heterocycles. The highest BCUT2D eigenvalue weighted by molar-refractivity contribution is 9.10. The molecule has 0 amide bonds. The number of hydrogen-bond donors (Lipinski definition) is 1. The Kier molecular flexibility index (Phi) is 11.7. The van der Waals surface area contributed by atoms with Crippen LogP contribution in [-0.2, 0) is 10.8 Å². The molecule has 0 radical (unpaired) electrons. The molecule has 0 saturated heterocycles. The second-order valence-corrected chi connectivity index (χ2v) is 22.7. The number of rotatable bonds is 5. The fourth-order valence-corrected chi connectivity index (χ4v) is 12.8. The summed E-state index contributed by atoms with van der Waals surface area (Å²) in [5.74, 6) is 0. The van der Waals surface area contributed by atoms with E-state index in [-0.39, 0.29) is 10.8 Å². The lowest BCUT2D eigenvalue weighted by Gasteiger charge is -2.25. The molecule has 0 bridgehead atoms. The van der Waals surface area contributed by atoms with Crippen LogP contribution in [0.25, 0.3) is 87.7 Å². The molecule has 2 aliphatic rings. The van der Waals surface area contributed by atoms with E-state index in [0.29, 0.717) is 0 Å². The van der Waals surface area contributed by atoms with E-state index in [1.54, 1.807) is 0 Å². The number of furan rings is 2. The van der Waals surface area contributed by atoms with Gasteiger partial charge in [0.05, 0.1) is 10.2 Å². The summed E-state index contributed by atoms with van der Waals surface area (Å²) in [5.41, 5.74) is 19.9. The Morgan fingerprint density at radius 1 is 0.342 bits per heavy atom. The van der Waals surface area contributed by atoms with Gasteiger partial charge in [0.1, 0.15) is 16.7 Å². The summed E-state index contributed by atoms with van der Waals surface area (Å²) in [6.07, 6.45) is 0. The van der Waals surface area contributed by atoms with Crippen molar-refractivity contribution in [3.63, 3.8) is 0 Å². The maximum atomic E-state index is 6.76. The van der Waals surface area contributed by atoms with E-state index in [4.69, 9.17) is 8.83 Å². The average Bonchev–Trinajstić information content (AvgIpc) is 3.80. The Morgan fingerprint density at radius 3 is 1.46 bits per heavy atom. The highest BCUT2D eigenvalue weighted by Gasteiger charge is 2.37. The molecular weight excluding hydrogens is 1030 g/mol. The van der Waals surface area contributed by atoms with Crippen LogP contribution in [-0.4, -0.2) is 0 Å². The molecule has 380 valence electrons. The van der Waals surface area contributed by atoms with E-state index in [0.717, 1.165) is 66.0 Å². The van der Waals surface area contributed by atoms with Crippen molar-refractivity contribution in [1.29, 1.82) is 0 Å². The normalized spacial score (nSPS) is 13.3. The number of nitrogens with zero attached hydrogens (tertiary/aromatic N) is 1. The molecule has 0 aliphatic heterocycles. The summed E-state index contributed by atoms with van der Waals surface area (Å²) in [5, 5.41) is 13.0. The summed E-state index contributed by atoms with van der Waals surface area (Å²) in [6.45, 7) is 9.27. The van der Waals surface area contributed by atoms with Crippen molar-refractivity contribution in [2.45, 2.75) is 38.5 Å². The number of fused-ring (bicyclic) bond motifs is 14. The minimum absolute atomic E-state index is 0.0235. The molecule has 79 heavy (non-hydrogen) atoms. The van der Waals surface area contributed by atoms with Crippen molar-refractivity contribution in [1.82, 2.24) is 0 Å². The summed E-state index contributed by atoms with van der Waals surface area (Å²) >= 11 is 3.60. The first-order valence-electron chi connectivity index (χ1n) is 27.1. The quantitative estimate of drug-likeness (QED) is 0.186. The summed E-state index contributed by atoms with van der Waals surface area (Å²) in [4.78, 5) is 2.31. The van der Waals surface area contributed by atoms with Crippen molar-refractivity contribution in [2.75, 3.05) is 10.2 Å². The zero-order chi connectivity index (χ0) is 53.4. The number of hydrogen-bond acceptors (Lipinski definition) is 4. The Labute approximate surface area is 468 Å². The van der Waals surface area contributed by atoms with Crippen LogP contribution < -0.4 is 10.2 Å². The van der Waals surface area contributed by atoms with Crippen molar-refractivity contribution < 1.29 is 8.83 Å². The molecule has 16 rings (SSSR count). The first-order chi connectivity index (χ1) is 38.6. The van der Waals surface area contributed by atoms with E-state index in [2.05, 4.69) is 284 Å². The van der Waals surface area contributed by atoms with Crippen LogP contribution >= 0.6 is 15.9 Å². The van der Waals surface area contributed by atoms with E-state index in [1.165, 1.54) is 76.8 Å². The predicted molar refractivity (Wildman–Crippen MR) is 336 cm³/mol. The Balaban J connectivity index is 0.000000119. The van der Waals surface area contributed by atoms with Gasteiger partial charge >= 0.3 is 0 Å². The molecule has 5 heteroatoms. The lowest BCUT2D eigenvalue weighted by Crippen LogP contribution is -2.14. The fraction of sp³-hybridized carbons (Fsp3) is 0.0811. The predicted octanol–water partition coefficient (Wildman–Crippen LogP) is 21.8. The van der Waals surface area contributed by atoms with Gasteiger partial charge in [0.15, 0.2) is 5.58 Å². The van der Waals surface area contributed by atoms with Crippen LogP contribution in [0, 0.1) is 0 Å². The van der Waals surface area contributed by atoms with Crippen LogP contribution in [0.5, 0.6) is 0 Å². The molecule has 2 aliphatic carbocycles. The molecule has 12 aromatic carbocycles. The highest BCUT2D eigenvalue weighted by Crippen LogP contribution is 2.53. The van der Waals surface area contributed by atoms with Gasteiger partial charge in [-0.2, -0.15) is 0 Å². The first-order valence-corrected chi connectivity index (χ1v) is 27.9. The SMILES string of the molecule is CC1(C)c2ccccc2-c2cc3oc4c(Br)cccc4c3cc21.CC1(C)c2ccccc2-c2cc3oc4c(N(c5ccccc5)c5ccc6ccccc6c5)cccc4c3cc21.c1ccc(Nc2ccc3ccccc3c2)cc1. The standard InChI is InChI=1S/C37H27NO.C21H15BrO.C16H13N/c1-37(2)32-17-9-8-15-28(32)30-23-35-31(22-33(30)37)29-16-10-18-34(36(29)39-35)38(26-13-4-3-5-14-26)27-20-19-24-11-6-7-12-25(24)21-27;1-21(2)16-8-4-3-6-12(16)14-11-19-15(10-17(14)21)13-7-5-9-18(22)20(13)23-19;1-2-8-15(9-3-1)17-16-11-10-13-6-4-5-7-14(13)12-16/h3-23H,1-2H3;3-11H,1-2H3;1-12,17H. The Hall–Kier alpha value is -9.16. The highest BCUT2D eigenvalue weighted by atomic mass is 79.9. The number of nitrogens with one attached hydrogen (secondary N) is 1. The summed E-state index contributed by atoms with van der Waals surface area (Å²) in [7, 11) is 0. The second-order valence-electron chi connectivity index (χ2n) is 21.9. The minimum Gasteiger partial charge on any atom is -0.455 e. The molecule has 4 nitrogen and oxygen atoms in total. The molecule has 0 fully saturated rings. The number of anilines is 5. The first kappa shape index (κ1) is 48.2. The summed E-state index contributed by atoms with van der Waals surface area (Å²) in [6, 6.07) is 90.1.